The largest absolute Gasteiger partial charge is 0.444 e. The molecule has 0 aliphatic carbocycles. The second-order valence-electron chi connectivity index (χ2n) is 5.01. The van der Waals surface area contributed by atoms with E-state index in [4.69, 9.17) is 4.74 Å². The molecule has 0 saturated carbocycles. The van der Waals surface area contributed by atoms with E-state index in [1.165, 1.54) is 11.8 Å². The van der Waals surface area contributed by atoms with E-state index in [0.29, 0.717) is 11.2 Å². The highest BCUT2D eigenvalue weighted by Gasteiger charge is 2.20. The first kappa shape index (κ1) is 17.8. The average molecular weight is 285 g/mol. The van der Waals surface area contributed by atoms with Crippen LogP contribution in [0.3, 0.4) is 0 Å². The topological polar surface area (TPSA) is 55.4 Å². The molecule has 0 aromatic heterocycles. The predicted octanol–water partition coefficient (Wildman–Crippen LogP) is 3.29. The molecule has 0 rings (SSSR count). The number of hydrogen-bond donors (Lipinski definition) is 1. The van der Waals surface area contributed by atoms with Gasteiger partial charge < -0.3 is 14.8 Å². The molecule has 4 nitrogen and oxygen atoms in total. The van der Waals surface area contributed by atoms with Crippen molar-refractivity contribution in [2.75, 3.05) is 5.75 Å². The Kier molecular flexibility index (Phi) is 8.23. The Balaban J connectivity index is 4.18. The number of alkyl carbamates (subject to hydrolysis) is 1. The number of unbranched alkanes of at least 4 members (excludes halogenated alkanes) is 1. The number of nitrogens with one attached hydrogen (secondary N) is 1. The van der Waals surface area contributed by atoms with Gasteiger partial charge in [-0.3, -0.25) is 0 Å². The van der Waals surface area contributed by atoms with Crippen LogP contribution >= 0.6 is 11.8 Å². The van der Waals surface area contributed by atoms with Gasteiger partial charge in [0.2, 0.25) is 0 Å². The van der Waals surface area contributed by atoms with Crippen LogP contribution in [-0.2, 0) is 9.53 Å². The summed E-state index contributed by atoms with van der Waals surface area (Å²) in [6, 6.07) is -0.719. The fourth-order valence-electron chi connectivity index (χ4n) is 1.15. The van der Waals surface area contributed by atoms with Crippen LogP contribution in [0, 0.1) is 0 Å². The number of carbonyl (C=O) groups excluding carboxylic acids is 2. The van der Waals surface area contributed by atoms with Gasteiger partial charge in [-0.25, -0.2) is 4.79 Å². The van der Waals surface area contributed by atoms with Gasteiger partial charge in [-0.05, 0) is 39.4 Å². The Labute approximate surface area is 119 Å². The number of aldehydes is 1. The van der Waals surface area contributed by atoms with Crippen molar-refractivity contribution >= 4 is 24.1 Å². The van der Waals surface area contributed by atoms with Gasteiger partial charge in [0.25, 0.3) is 0 Å². The highest BCUT2D eigenvalue weighted by Crippen LogP contribution is 2.18. The van der Waals surface area contributed by atoms with E-state index >= 15 is 0 Å². The number of rotatable bonds is 8. The van der Waals surface area contributed by atoms with Crippen LogP contribution < -0.4 is 5.32 Å². The number of allylic oxidation sites excluding steroid dienone is 1. The molecule has 0 aromatic carbocycles. The molecule has 0 radical (unpaired) electrons. The summed E-state index contributed by atoms with van der Waals surface area (Å²) in [5.41, 5.74) is -0.587. The van der Waals surface area contributed by atoms with Crippen molar-refractivity contribution in [1.29, 1.82) is 0 Å². The molecule has 0 fully saturated rings. The third-order valence-electron chi connectivity index (χ3n) is 2.00. The lowest BCUT2D eigenvalue weighted by molar-refractivity contribution is -0.108. The summed E-state index contributed by atoms with van der Waals surface area (Å²) in [6.45, 7) is 12.7. The molecule has 1 amide bonds. The lowest BCUT2D eigenvalue weighted by atomic mass is 10.2. The van der Waals surface area contributed by atoms with E-state index in [1.54, 1.807) is 20.8 Å². The van der Waals surface area contributed by atoms with Crippen LogP contribution in [0.15, 0.2) is 24.1 Å². The van der Waals surface area contributed by atoms with Crippen LogP contribution in [0.25, 0.3) is 0 Å². The molecule has 19 heavy (non-hydrogen) atoms. The third-order valence-corrected chi connectivity index (χ3v) is 3.11. The van der Waals surface area contributed by atoms with E-state index in [1.807, 2.05) is 6.08 Å². The Morgan fingerprint density at radius 2 is 2.11 bits per heavy atom. The summed E-state index contributed by atoms with van der Waals surface area (Å²) >= 11 is 1.47. The molecular formula is C14H23NO3S. The van der Waals surface area contributed by atoms with Crippen molar-refractivity contribution in [2.45, 2.75) is 45.3 Å². The summed E-state index contributed by atoms with van der Waals surface area (Å²) in [4.78, 5) is 23.1. The molecule has 0 aliphatic heterocycles. The zero-order valence-corrected chi connectivity index (χ0v) is 12.7. The van der Waals surface area contributed by atoms with Crippen LogP contribution in [0.4, 0.5) is 4.79 Å². The molecule has 5 heteroatoms. The van der Waals surface area contributed by atoms with E-state index < -0.39 is 17.7 Å². The zero-order chi connectivity index (χ0) is 14.9. The standard InChI is InChI=1S/C14H23NO3S/c1-6-7-8-9-19-11(2)12(10-16)15-13(17)18-14(3,4)5/h6,10,12H,1-2,7-9H2,3-5H3,(H,15,17)/t12-/m1/s1. The number of thioether (sulfide) groups is 1. The molecule has 1 atom stereocenters. The molecule has 0 bridgehead atoms. The number of carbonyl (C=O) groups is 2. The highest BCUT2D eigenvalue weighted by atomic mass is 32.2. The second-order valence-corrected chi connectivity index (χ2v) is 6.23. The van der Waals surface area contributed by atoms with Crippen molar-refractivity contribution in [3.63, 3.8) is 0 Å². The zero-order valence-electron chi connectivity index (χ0n) is 11.9. The first-order valence-electron chi connectivity index (χ1n) is 6.17. The Morgan fingerprint density at radius 1 is 1.47 bits per heavy atom. The molecule has 0 saturated heterocycles. The maximum atomic E-state index is 11.6. The molecule has 0 heterocycles. The van der Waals surface area contributed by atoms with E-state index in [0.717, 1.165) is 18.6 Å². The van der Waals surface area contributed by atoms with Crippen LogP contribution in [0.2, 0.25) is 0 Å². The minimum Gasteiger partial charge on any atom is -0.444 e. The molecule has 0 spiro atoms. The van der Waals surface area contributed by atoms with Gasteiger partial charge in [0.05, 0.1) is 0 Å². The second kappa shape index (κ2) is 8.80. The van der Waals surface area contributed by atoms with Crippen LogP contribution in [0.1, 0.15) is 33.6 Å². The molecule has 1 N–H and O–H groups in total. The molecule has 0 aliphatic rings. The number of amides is 1. The van der Waals surface area contributed by atoms with Crippen LogP contribution in [-0.4, -0.2) is 29.8 Å². The summed E-state index contributed by atoms with van der Waals surface area (Å²) in [5.74, 6) is 0.838. The third kappa shape index (κ3) is 9.36. The van der Waals surface area contributed by atoms with E-state index in [-0.39, 0.29) is 0 Å². The summed E-state index contributed by atoms with van der Waals surface area (Å²) in [5, 5.41) is 2.49. The predicted molar refractivity (Wildman–Crippen MR) is 80.3 cm³/mol. The van der Waals surface area contributed by atoms with Crippen LogP contribution in [0.5, 0.6) is 0 Å². The minimum atomic E-state index is -0.719. The van der Waals surface area contributed by atoms with Crippen molar-refractivity contribution in [3.8, 4) is 0 Å². The summed E-state index contributed by atoms with van der Waals surface area (Å²) < 4.78 is 5.09. The Hall–Kier alpha value is -1.23. The molecule has 108 valence electrons. The fraction of sp³-hybridized carbons (Fsp3) is 0.571. The Morgan fingerprint density at radius 3 is 2.58 bits per heavy atom. The summed E-state index contributed by atoms with van der Waals surface area (Å²) in [7, 11) is 0. The van der Waals surface area contributed by atoms with Gasteiger partial charge in [0.15, 0.2) is 0 Å². The van der Waals surface area contributed by atoms with Gasteiger partial charge >= 0.3 is 6.09 Å². The number of ether oxygens (including phenoxy) is 1. The Bertz CT molecular complexity index is 334. The smallest absolute Gasteiger partial charge is 0.408 e. The van der Waals surface area contributed by atoms with Crippen molar-refractivity contribution in [2.24, 2.45) is 0 Å². The van der Waals surface area contributed by atoms with Gasteiger partial charge in [-0.1, -0.05) is 12.7 Å². The minimum absolute atomic E-state index is 0.587. The average Bonchev–Trinajstić information content (AvgIpc) is 2.29. The van der Waals surface area contributed by atoms with E-state index in [9.17, 15) is 9.59 Å². The molecular weight excluding hydrogens is 262 g/mol. The molecule has 0 unspecified atom stereocenters. The normalized spacial score (nSPS) is 12.4. The van der Waals surface area contributed by atoms with Gasteiger partial charge in [0.1, 0.15) is 17.9 Å². The first-order valence-corrected chi connectivity index (χ1v) is 7.16. The number of hydrogen-bond acceptors (Lipinski definition) is 4. The van der Waals surface area contributed by atoms with Gasteiger partial charge in [0, 0.05) is 4.91 Å². The van der Waals surface area contributed by atoms with Gasteiger partial charge in [-0.15, -0.1) is 18.3 Å². The fourth-order valence-corrected chi connectivity index (χ4v) is 2.01. The maximum absolute atomic E-state index is 11.6. The quantitative estimate of drug-likeness (QED) is 0.422. The van der Waals surface area contributed by atoms with E-state index in [2.05, 4.69) is 18.5 Å². The van der Waals surface area contributed by atoms with Gasteiger partial charge in [-0.2, -0.15) is 0 Å². The maximum Gasteiger partial charge on any atom is 0.408 e. The monoisotopic (exact) mass is 285 g/mol. The SMILES string of the molecule is C=CCCCSC(=C)[C@@H](C=O)NC(=O)OC(C)(C)C. The molecule has 0 aromatic rings. The highest BCUT2D eigenvalue weighted by molar-refractivity contribution is 8.03. The lowest BCUT2D eigenvalue weighted by Gasteiger charge is -2.22. The summed E-state index contributed by atoms with van der Waals surface area (Å²) in [6.07, 6.45) is 3.78. The van der Waals surface area contributed by atoms with Crippen molar-refractivity contribution < 1.29 is 14.3 Å². The lowest BCUT2D eigenvalue weighted by Crippen LogP contribution is -2.40. The van der Waals surface area contributed by atoms with Crippen molar-refractivity contribution in [1.82, 2.24) is 5.32 Å². The van der Waals surface area contributed by atoms with Crippen molar-refractivity contribution in [3.05, 3.63) is 24.1 Å². The first-order chi connectivity index (χ1) is 8.80.